The largest absolute Gasteiger partial charge is 0.497 e. The second-order valence-corrected chi connectivity index (χ2v) is 6.58. The molecule has 0 radical (unpaired) electrons. The molecule has 0 fully saturated rings. The van der Waals surface area contributed by atoms with Crippen LogP contribution in [0.2, 0.25) is 0 Å². The van der Waals surface area contributed by atoms with Crippen molar-refractivity contribution in [2.24, 2.45) is 0 Å². The van der Waals surface area contributed by atoms with E-state index in [2.05, 4.69) is 5.32 Å². The van der Waals surface area contributed by atoms with Crippen LogP contribution in [-0.2, 0) is 21.8 Å². The fourth-order valence-corrected chi connectivity index (χ4v) is 3.14. The molecule has 0 saturated heterocycles. The molecule has 0 spiro atoms. The van der Waals surface area contributed by atoms with E-state index in [0.717, 1.165) is 22.6 Å². The van der Waals surface area contributed by atoms with Crippen LogP contribution in [0.5, 0.6) is 5.75 Å². The van der Waals surface area contributed by atoms with Gasteiger partial charge in [0.25, 0.3) is 0 Å². The zero-order valence-corrected chi connectivity index (χ0v) is 14.8. The van der Waals surface area contributed by atoms with Gasteiger partial charge in [0.1, 0.15) is 5.75 Å². The summed E-state index contributed by atoms with van der Waals surface area (Å²) in [5, 5.41) is 11.5. The first-order valence-electron chi connectivity index (χ1n) is 7.88. The summed E-state index contributed by atoms with van der Waals surface area (Å²) in [7, 11) is 1.60. The number of carboxylic acids is 1. The fraction of sp³-hybridized carbons (Fsp3) is 0.263. The summed E-state index contributed by atoms with van der Waals surface area (Å²) in [5.41, 5.74) is 2.68. The molecule has 0 saturated carbocycles. The van der Waals surface area contributed by atoms with E-state index >= 15 is 0 Å². The lowest BCUT2D eigenvalue weighted by atomic mass is 10.1. The van der Waals surface area contributed by atoms with Crippen molar-refractivity contribution >= 4 is 29.3 Å². The number of nitrogens with one attached hydrogen (secondary N) is 1. The van der Waals surface area contributed by atoms with Crippen molar-refractivity contribution in [2.75, 3.05) is 18.2 Å². The van der Waals surface area contributed by atoms with Crippen molar-refractivity contribution in [1.82, 2.24) is 0 Å². The summed E-state index contributed by atoms with van der Waals surface area (Å²) in [6.07, 6.45) is 0.427. The third-order valence-electron chi connectivity index (χ3n) is 3.44. The van der Waals surface area contributed by atoms with E-state index in [-0.39, 0.29) is 18.7 Å². The van der Waals surface area contributed by atoms with Gasteiger partial charge in [-0.15, -0.1) is 0 Å². The Bertz CT molecular complexity index is 733. The Labute approximate surface area is 151 Å². The number of anilines is 1. The topological polar surface area (TPSA) is 75.6 Å². The number of hydrogen-bond acceptors (Lipinski definition) is 4. The molecule has 0 unspecified atom stereocenters. The summed E-state index contributed by atoms with van der Waals surface area (Å²) >= 11 is 1.56. The number of methoxy groups -OCH3 is 1. The second-order valence-electron chi connectivity index (χ2n) is 5.47. The van der Waals surface area contributed by atoms with Crippen LogP contribution >= 0.6 is 11.8 Å². The van der Waals surface area contributed by atoms with Crippen LogP contribution in [-0.4, -0.2) is 29.8 Å². The number of thioether (sulfide) groups is 1. The summed E-state index contributed by atoms with van der Waals surface area (Å²) in [5.74, 6) is 1.13. The van der Waals surface area contributed by atoms with Crippen LogP contribution in [0, 0.1) is 0 Å². The molecule has 0 aliphatic carbocycles. The normalized spacial score (nSPS) is 10.3. The number of benzene rings is 2. The summed E-state index contributed by atoms with van der Waals surface area (Å²) in [6.45, 7) is 0. The predicted octanol–water partition coefficient (Wildman–Crippen LogP) is 3.58. The van der Waals surface area contributed by atoms with Gasteiger partial charge in [0, 0.05) is 17.2 Å². The van der Waals surface area contributed by atoms with E-state index in [0.29, 0.717) is 11.5 Å². The van der Waals surface area contributed by atoms with Crippen molar-refractivity contribution in [3.8, 4) is 5.75 Å². The first-order valence-corrected chi connectivity index (χ1v) is 9.03. The highest BCUT2D eigenvalue weighted by atomic mass is 32.2. The van der Waals surface area contributed by atoms with Gasteiger partial charge in [-0.05, 0) is 35.4 Å². The van der Waals surface area contributed by atoms with Crippen LogP contribution in [0.15, 0.2) is 48.5 Å². The van der Waals surface area contributed by atoms with Crippen LogP contribution < -0.4 is 10.1 Å². The van der Waals surface area contributed by atoms with Crippen LogP contribution in [0.4, 0.5) is 5.69 Å². The first-order chi connectivity index (χ1) is 12.1. The smallest absolute Gasteiger partial charge is 0.304 e. The first kappa shape index (κ1) is 18.9. The molecule has 0 aliphatic heterocycles. The maximum absolute atomic E-state index is 12.2. The van der Waals surface area contributed by atoms with Gasteiger partial charge in [-0.1, -0.05) is 24.3 Å². The minimum atomic E-state index is -0.786. The standard InChI is InChI=1S/C19H21NO4S/c1-24-17-7-3-4-14(11-17)12-18(21)20-16-6-2-5-15(10-16)13-25-9-8-19(22)23/h2-7,10-11H,8-9,12-13H2,1H3,(H,20,21)(H,22,23). The second kappa shape index (κ2) is 9.74. The molecule has 2 aromatic rings. The third-order valence-corrected chi connectivity index (χ3v) is 4.47. The van der Waals surface area contributed by atoms with E-state index in [1.807, 2.05) is 48.5 Å². The van der Waals surface area contributed by atoms with Crippen molar-refractivity contribution in [1.29, 1.82) is 0 Å². The van der Waals surface area contributed by atoms with Crippen LogP contribution in [0.3, 0.4) is 0 Å². The highest BCUT2D eigenvalue weighted by Gasteiger charge is 2.06. The molecular weight excluding hydrogens is 338 g/mol. The highest BCUT2D eigenvalue weighted by Crippen LogP contribution is 2.18. The summed E-state index contributed by atoms with van der Waals surface area (Å²) in [6, 6.07) is 15.0. The average Bonchev–Trinajstić information content (AvgIpc) is 2.59. The minimum Gasteiger partial charge on any atom is -0.497 e. The van der Waals surface area contributed by atoms with E-state index in [9.17, 15) is 9.59 Å². The van der Waals surface area contributed by atoms with Crippen molar-refractivity contribution < 1.29 is 19.4 Å². The molecule has 2 N–H and O–H groups in total. The Hall–Kier alpha value is -2.47. The molecular formula is C19H21NO4S. The van der Waals surface area contributed by atoms with Crippen molar-refractivity contribution in [2.45, 2.75) is 18.6 Å². The molecule has 1 amide bonds. The molecule has 25 heavy (non-hydrogen) atoms. The Balaban J connectivity index is 1.87. The molecule has 0 aromatic heterocycles. The maximum Gasteiger partial charge on any atom is 0.304 e. The molecule has 0 atom stereocenters. The molecule has 2 rings (SSSR count). The number of carbonyl (C=O) groups is 2. The van der Waals surface area contributed by atoms with Gasteiger partial charge in [-0.3, -0.25) is 9.59 Å². The monoisotopic (exact) mass is 359 g/mol. The molecule has 0 aliphatic rings. The molecule has 132 valence electrons. The Morgan fingerprint density at radius 3 is 2.64 bits per heavy atom. The summed E-state index contributed by atoms with van der Waals surface area (Å²) in [4.78, 5) is 22.7. The predicted molar refractivity (Wildman–Crippen MR) is 100 cm³/mol. The summed E-state index contributed by atoms with van der Waals surface area (Å²) < 4.78 is 5.16. The van der Waals surface area contributed by atoms with Gasteiger partial charge in [0.05, 0.1) is 20.0 Å². The molecule has 6 heteroatoms. The van der Waals surface area contributed by atoms with Crippen molar-refractivity contribution in [3.05, 3.63) is 59.7 Å². The lowest BCUT2D eigenvalue weighted by Gasteiger charge is -2.08. The van der Waals surface area contributed by atoms with E-state index in [1.165, 1.54) is 0 Å². The van der Waals surface area contributed by atoms with Gasteiger partial charge in [0.15, 0.2) is 0 Å². The minimum absolute atomic E-state index is 0.0936. The van der Waals surface area contributed by atoms with E-state index < -0.39 is 5.97 Å². The van der Waals surface area contributed by atoms with Gasteiger partial charge in [-0.2, -0.15) is 11.8 Å². The van der Waals surface area contributed by atoms with E-state index in [1.54, 1.807) is 18.9 Å². The van der Waals surface area contributed by atoms with Gasteiger partial charge in [0.2, 0.25) is 5.91 Å². The number of amides is 1. The van der Waals surface area contributed by atoms with Crippen LogP contribution in [0.25, 0.3) is 0 Å². The number of aliphatic carboxylic acids is 1. The maximum atomic E-state index is 12.2. The number of ether oxygens (including phenoxy) is 1. The number of hydrogen-bond donors (Lipinski definition) is 2. The van der Waals surface area contributed by atoms with E-state index in [4.69, 9.17) is 9.84 Å². The van der Waals surface area contributed by atoms with Gasteiger partial charge < -0.3 is 15.2 Å². The van der Waals surface area contributed by atoms with Crippen molar-refractivity contribution in [3.63, 3.8) is 0 Å². The lowest BCUT2D eigenvalue weighted by Crippen LogP contribution is -2.14. The zero-order valence-electron chi connectivity index (χ0n) is 14.0. The zero-order chi connectivity index (χ0) is 18.1. The number of rotatable bonds is 9. The lowest BCUT2D eigenvalue weighted by molar-refractivity contribution is -0.136. The SMILES string of the molecule is COc1cccc(CC(=O)Nc2cccc(CSCCC(=O)O)c2)c1. The molecule has 2 aromatic carbocycles. The molecule has 0 heterocycles. The quantitative estimate of drug-likeness (QED) is 0.669. The highest BCUT2D eigenvalue weighted by molar-refractivity contribution is 7.98. The van der Waals surface area contributed by atoms with Gasteiger partial charge >= 0.3 is 5.97 Å². The fourth-order valence-electron chi connectivity index (χ4n) is 2.26. The third kappa shape index (κ3) is 6.89. The average molecular weight is 359 g/mol. The number of carboxylic acid groups (broad SMARTS) is 1. The van der Waals surface area contributed by atoms with Crippen LogP contribution in [0.1, 0.15) is 17.5 Å². The Kier molecular flexibility index (Phi) is 7.35. The molecule has 5 nitrogen and oxygen atoms in total. The molecule has 0 bridgehead atoms. The van der Waals surface area contributed by atoms with Gasteiger partial charge in [-0.25, -0.2) is 0 Å². The Morgan fingerprint density at radius 2 is 1.88 bits per heavy atom. The number of carbonyl (C=O) groups excluding carboxylic acids is 1. The Morgan fingerprint density at radius 1 is 1.12 bits per heavy atom.